The Labute approximate surface area is 121 Å². The predicted molar refractivity (Wildman–Crippen MR) is 71.9 cm³/mol. The zero-order valence-corrected chi connectivity index (χ0v) is 10.9. The molecule has 0 aliphatic carbocycles. The molecule has 0 unspecified atom stereocenters. The fraction of sp³-hybridized carbons (Fsp3) is 0.0714. The quantitative estimate of drug-likeness (QED) is 0.788. The molecule has 3 rings (SSSR count). The van der Waals surface area contributed by atoms with E-state index >= 15 is 0 Å². The van der Waals surface area contributed by atoms with Crippen LogP contribution in [0.3, 0.4) is 0 Å². The number of nitrogens with one attached hydrogen (secondary N) is 1. The summed E-state index contributed by atoms with van der Waals surface area (Å²) in [6.45, 7) is 0. The molecule has 8 heteroatoms. The van der Waals surface area contributed by atoms with Crippen LogP contribution in [0.25, 0.3) is 22.6 Å². The Morgan fingerprint density at radius 1 is 1.23 bits per heavy atom. The van der Waals surface area contributed by atoms with Crippen molar-refractivity contribution in [1.82, 2.24) is 9.97 Å². The maximum Gasteiger partial charge on any atom is 0.471 e. The standard InChI is InChI=1S/C14H8F3N3O2/c15-14(16,17)13(21)19-9-3-1-2-8(6-9)12-20-10-7-18-5-4-11(10)22-12/h1-7H,(H,19,21). The van der Waals surface area contributed by atoms with Crippen LogP contribution in [0.1, 0.15) is 0 Å². The largest absolute Gasteiger partial charge is 0.471 e. The van der Waals surface area contributed by atoms with E-state index in [-0.39, 0.29) is 11.6 Å². The summed E-state index contributed by atoms with van der Waals surface area (Å²) in [5.41, 5.74) is 1.48. The molecule has 1 amide bonds. The Kier molecular flexibility index (Phi) is 3.28. The molecule has 112 valence electrons. The third-order valence-corrected chi connectivity index (χ3v) is 2.81. The number of nitrogens with zero attached hydrogens (tertiary/aromatic N) is 2. The molecule has 1 N–H and O–H groups in total. The molecule has 0 atom stereocenters. The second-order valence-electron chi connectivity index (χ2n) is 4.40. The number of anilines is 1. The number of pyridine rings is 1. The molecule has 0 saturated heterocycles. The van der Waals surface area contributed by atoms with Crippen LogP contribution in [-0.4, -0.2) is 22.1 Å². The highest BCUT2D eigenvalue weighted by atomic mass is 19.4. The Bertz CT molecular complexity index is 809. The normalized spacial score (nSPS) is 11.6. The van der Waals surface area contributed by atoms with Crippen molar-refractivity contribution in [3.8, 4) is 11.5 Å². The molecular formula is C14H8F3N3O2. The molecule has 0 fully saturated rings. The lowest BCUT2D eigenvalue weighted by Crippen LogP contribution is -2.29. The van der Waals surface area contributed by atoms with Crippen molar-refractivity contribution in [2.75, 3.05) is 5.32 Å². The van der Waals surface area contributed by atoms with E-state index in [0.29, 0.717) is 16.7 Å². The fourth-order valence-electron chi connectivity index (χ4n) is 1.84. The Hall–Kier alpha value is -2.90. The molecule has 2 heterocycles. The lowest BCUT2D eigenvalue weighted by atomic mass is 10.2. The summed E-state index contributed by atoms with van der Waals surface area (Å²) in [5.74, 6) is -1.81. The topological polar surface area (TPSA) is 68.0 Å². The maximum absolute atomic E-state index is 12.2. The van der Waals surface area contributed by atoms with Crippen molar-refractivity contribution in [3.05, 3.63) is 42.7 Å². The highest BCUT2D eigenvalue weighted by molar-refractivity contribution is 5.95. The third kappa shape index (κ3) is 2.76. The van der Waals surface area contributed by atoms with Crippen molar-refractivity contribution in [3.63, 3.8) is 0 Å². The Balaban J connectivity index is 1.92. The van der Waals surface area contributed by atoms with Crippen LogP contribution in [0.2, 0.25) is 0 Å². The molecule has 5 nitrogen and oxygen atoms in total. The van der Waals surface area contributed by atoms with E-state index in [0.717, 1.165) is 0 Å². The first kappa shape index (κ1) is 14.1. The first-order chi connectivity index (χ1) is 10.4. The Morgan fingerprint density at radius 3 is 2.77 bits per heavy atom. The number of oxazole rings is 1. The van der Waals surface area contributed by atoms with Crippen molar-refractivity contribution in [2.24, 2.45) is 0 Å². The van der Waals surface area contributed by atoms with Crippen molar-refractivity contribution < 1.29 is 22.4 Å². The first-order valence-electron chi connectivity index (χ1n) is 6.12. The second kappa shape index (κ2) is 5.14. The number of amides is 1. The van der Waals surface area contributed by atoms with Crippen molar-refractivity contribution in [2.45, 2.75) is 6.18 Å². The number of rotatable bonds is 2. The fourth-order valence-corrected chi connectivity index (χ4v) is 1.84. The third-order valence-electron chi connectivity index (χ3n) is 2.81. The summed E-state index contributed by atoms with van der Waals surface area (Å²) in [7, 11) is 0. The summed E-state index contributed by atoms with van der Waals surface area (Å²) >= 11 is 0. The molecule has 22 heavy (non-hydrogen) atoms. The van der Waals surface area contributed by atoms with Crippen LogP contribution in [0.4, 0.5) is 18.9 Å². The maximum atomic E-state index is 12.2. The van der Waals surface area contributed by atoms with Gasteiger partial charge in [-0.1, -0.05) is 6.07 Å². The van der Waals surface area contributed by atoms with E-state index in [9.17, 15) is 18.0 Å². The summed E-state index contributed by atoms with van der Waals surface area (Å²) in [6.07, 6.45) is -1.89. The second-order valence-corrected chi connectivity index (χ2v) is 4.40. The molecule has 0 radical (unpaired) electrons. The van der Waals surface area contributed by atoms with E-state index in [1.807, 2.05) is 0 Å². The predicted octanol–water partition coefficient (Wildman–Crippen LogP) is 3.39. The van der Waals surface area contributed by atoms with Gasteiger partial charge in [0, 0.05) is 23.5 Å². The summed E-state index contributed by atoms with van der Waals surface area (Å²) in [4.78, 5) is 19.0. The van der Waals surface area contributed by atoms with Gasteiger partial charge in [0.05, 0.1) is 6.20 Å². The van der Waals surface area contributed by atoms with Gasteiger partial charge < -0.3 is 9.73 Å². The van der Waals surface area contributed by atoms with Crippen LogP contribution < -0.4 is 5.32 Å². The summed E-state index contributed by atoms with van der Waals surface area (Å²) in [5, 5.41) is 1.78. The number of aromatic nitrogens is 2. The highest BCUT2D eigenvalue weighted by Gasteiger charge is 2.38. The number of benzene rings is 1. The molecule has 0 bridgehead atoms. The zero-order chi connectivity index (χ0) is 15.7. The molecule has 0 aliphatic heterocycles. The number of hydrogen-bond acceptors (Lipinski definition) is 4. The lowest BCUT2D eigenvalue weighted by Gasteiger charge is -2.08. The minimum Gasteiger partial charge on any atom is -0.436 e. The van der Waals surface area contributed by atoms with Gasteiger partial charge >= 0.3 is 12.1 Å². The monoisotopic (exact) mass is 307 g/mol. The smallest absolute Gasteiger partial charge is 0.436 e. The average Bonchev–Trinajstić information content (AvgIpc) is 2.90. The first-order valence-corrected chi connectivity index (χ1v) is 6.12. The number of hydrogen-bond donors (Lipinski definition) is 1. The molecule has 2 aromatic heterocycles. The Morgan fingerprint density at radius 2 is 2.05 bits per heavy atom. The number of carbonyl (C=O) groups excluding carboxylic acids is 1. The number of halogens is 3. The molecule has 3 aromatic rings. The molecule has 1 aromatic carbocycles. The SMILES string of the molecule is O=C(Nc1cccc(-c2nc3cnccc3o2)c1)C(F)(F)F. The van der Waals surface area contributed by atoms with Gasteiger partial charge in [0.1, 0.15) is 5.52 Å². The number of carbonyl (C=O) groups is 1. The number of fused-ring (bicyclic) bond motifs is 1. The van der Waals surface area contributed by atoms with E-state index in [1.165, 1.54) is 30.6 Å². The minimum atomic E-state index is -4.95. The summed E-state index contributed by atoms with van der Waals surface area (Å²) in [6, 6.07) is 7.43. The zero-order valence-electron chi connectivity index (χ0n) is 10.9. The molecular weight excluding hydrogens is 299 g/mol. The van der Waals surface area contributed by atoms with Crippen LogP contribution in [0, 0.1) is 0 Å². The van der Waals surface area contributed by atoms with E-state index < -0.39 is 12.1 Å². The van der Waals surface area contributed by atoms with Crippen molar-refractivity contribution >= 4 is 22.7 Å². The number of alkyl halides is 3. The van der Waals surface area contributed by atoms with Crippen LogP contribution in [0.5, 0.6) is 0 Å². The van der Waals surface area contributed by atoms with E-state index in [2.05, 4.69) is 9.97 Å². The van der Waals surface area contributed by atoms with Gasteiger partial charge in [-0.05, 0) is 18.2 Å². The lowest BCUT2D eigenvalue weighted by molar-refractivity contribution is -0.167. The van der Waals surface area contributed by atoms with Gasteiger partial charge in [-0.15, -0.1) is 0 Å². The van der Waals surface area contributed by atoms with Gasteiger partial charge in [-0.2, -0.15) is 13.2 Å². The van der Waals surface area contributed by atoms with Gasteiger partial charge in [0.2, 0.25) is 5.89 Å². The van der Waals surface area contributed by atoms with Gasteiger partial charge in [0.25, 0.3) is 0 Å². The molecule has 0 saturated carbocycles. The van der Waals surface area contributed by atoms with Crippen LogP contribution >= 0.6 is 0 Å². The van der Waals surface area contributed by atoms with Crippen LogP contribution in [0.15, 0.2) is 47.1 Å². The molecule has 0 spiro atoms. The van der Waals surface area contributed by atoms with E-state index in [1.54, 1.807) is 17.4 Å². The minimum absolute atomic E-state index is 0.000191. The van der Waals surface area contributed by atoms with Crippen LogP contribution in [-0.2, 0) is 4.79 Å². The average molecular weight is 307 g/mol. The summed E-state index contributed by atoms with van der Waals surface area (Å²) < 4.78 is 42.2. The van der Waals surface area contributed by atoms with Gasteiger partial charge in [0.15, 0.2) is 5.58 Å². The van der Waals surface area contributed by atoms with Gasteiger partial charge in [-0.25, -0.2) is 4.98 Å². The van der Waals surface area contributed by atoms with Gasteiger partial charge in [-0.3, -0.25) is 9.78 Å². The molecule has 0 aliphatic rings. The van der Waals surface area contributed by atoms with E-state index in [4.69, 9.17) is 4.42 Å². The highest BCUT2D eigenvalue weighted by Crippen LogP contribution is 2.26. The van der Waals surface area contributed by atoms with Crippen molar-refractivity contribution in [1.29, 1.82) is 0 Å².